The summed E-state index contributed by atoms with van der Waals surface area (Å²) in [5, 5.41) is 6.15. The van der Waals surface area contributed by atoms with Gasteiger partial charge in [0.05, 0.1) is 0 Å². The normalized spacial score (nSPS) is 10.2. The topological polar surface area (TPSA) is 54.0 Å². The summed E-state index contributed by atoms with van der Waals surface area (Å²) in [4.78, 5) is 16.0. The van der Waals surface area contributed by atoms with E-state index in [-0.39, 0.29) is 5.91 Å². The Kier molecular flexibility index (Phi) is 4.93. The highest BCUT2D eigenvalue weighted by molar-refractivity contribution is 5.93. The summed E-state index contributed by atoms with van der Waals surface area (Å²) in [6.07, 6.45) is 2.55. The Morgan fingerprint density at radius 2 is 1.81 bits per heavy atom. The maximum atomic E-state index is 11.9. The van der Waals surface area contributed by atoms with Gasteiger partial charge in [-0.3, -0.25) is 9.78 Å². The number of aromatic nitrogens is 1. The van der Waals surface area contributed by atoms with E-state index in [4.69, 9.17) is 0 Å². The predicted molar refractivity (Wildman–Crippen MR) is 86.1 cm³/mol. The zero-order chi connectivity index (χ0) is 15.2. The Balaban J connectivity index is 2.15. The van der Waals surface area contributed by atoms with Crippen LogP contribution in [0.1, 0.15) is 35.0 Å². The molecule has 4 nitrogen and oxygen atoms in total. The fraction of sp³-hybridized carbons (Fsp3) is 0.294. The third-order valence-corrected chi connectivity index (χ3v) is 3.04. The van der Waals surface area contributed by atoms with Crippen LogP contribution in [0.3, 0.4) is 0 Å². The molecule has 1 aromatic heterocycles. The second-order valence-electron chi connectivity index (χ2n) is 5.19. The zero-order valence-corrected chi connectivity index (χ0v) is 12.7. The lowest BCUT2D eigenvalue weighted by atomic mass is 10.1. The number of anilines is 2. The number of rotatable bonds is 5. The molecule has 1 heterocycles. The summed E-state index contributed by atoms with van der Waals surface area (Å²) in [5.74, 6) is -0.138. The third-order valence-electron chi connectivity index (χ3n) is 3.04. The SMILES string of the molecule is CCCNC(=O)c1cc(Nc2cc(C)cc(C)c2)ccn1. The van der Waals surface area contributed by atoms with E-state index in [1.165, 1.54) is 11.1 Å². The molecule has 0 atom stereocenters. The van der Waals surface area contributed by atoms with Gasteiger partial charge in [0.15, 0.2) is 0 Å². The summed E-state index contributed by atoms with van der Waals surface area (Å²) in [6.45, 7) is 6.81. The lowest BCUT2D eigenvalue weighted by molar-refractivity contribution is 0.0949. The molecule has 4 heteroatoms. The van der Waals surface area contributed by atoms with Crippen molar-refractivity contribution in [3.8, 4) is 0 Å². The quantitative estimate of drug-likeness (QED) is 0.881. The third kappa shape index (κ3) is 4.31. The molecular formula is C17H21N3O. The fourth-order valence-electron chi connectivity index (χ4n) is 2.18. The minimum atomic E-state index is -0.138. The van der Waals surface area contributed by atoms with E-state index < -0.39 is 0 Å². The molecule has 0 aliphatic carbocycles. The number of hydrogen-bond donors (Lipinski definition) is 2. The molecule has 1 aromatic carbocycles. The second kappa shape index (κ2) is 6.88. The lowest BCUT2D eigenvalue weighted by Crippen LogP contribution is -2.24. The van der Waals surface area contributed by atoms with Gasteiger partial charge < -0.3 is 10.6 Å². The van der Waals surface area contributed by atoms with Gasteiger partial charge in [-0.15, -0.1) is 0 Å². The standard InChI is InChI=1S/C17H21N3O/c1-4-6-19-17(21)16-11-14(5-7-18-16)20-15-9-12(2)8-13(3)10-15/h5,7-11H,4,6H2,1-3H3,(H,18,20)(H,19,21). The van der Waals surface area contributed by atoms with Gasteiger partial charge in [-0.2, -0.15) is 0 Å². The van der Waals surface area contributed by atoms with Gasteiger partial charge in [-0.1, -0.05) is 13.0 Å². The maximum absolute atomic E-state index is 11.9. The number of benzene rings is 1. The molecule has 0 saturated heterocycles. The number of pyridine rings is 1. The highest BCUT2D eigenvalue weighted by Gasteiger charge is 2.07. The first-order valence-electron chi connectivity index (χ1n) is 7.18. The Morgan fingerprint density at radius 1 is 1.10 bits per heavy atom. The van der Waals surface area contributed by atoms with Crippen LogP contribution < -0.4 is 10.6 Å². The van der Waals surface area contributed by atoms with Crippen LogP contribution in [-0.2, 0) is 0 Å². The van der Waals surface area contributed by atoms with Crippen molar-refractivity contribution >= 4 is 17.3 Å². The Hall–Kier alpha value is -2.36. The van der Waals surface area contributed by atoms with E-state index in [2.05, 4.69) is 47.7 Å². The highest BCUT2D eigenvalue weighted by Crippen LogP contribution is 2.19. The molecule has 2 rings (SSSR count). The number of nitrogens with zero attached hydrogens (tertiary/aromatic N) is 1. The average molecular weight is 283 g/mol. The smallest absolute Gasteiger partial charge is 0.269 e. The first-order chi connectivity index (χ1) is 10.1. The van der Waals surface area contributed by atoms with Gasteiger partial charge in [-0.05, 0) is 55.7 Å². The lowest BCUT2D eigenvalue weighted by Gasteiger charge is -2.10. The minimum Gasteiger partial charge on any atom is -0.355 e. The van der Waals surface area contributed by atoms with Crippen LogP contribution in [0.2, 0.25) is 0 Å². The van der Waals surface area contributed by atoms with E-state index in [1.807, 2.05) is 13.0 Å². The predicted octanol–water partition coefficient (Wildman–Crippen LogP) is 3.58. The molecule has 0 saturated carbocycles. The van der Waals surface area contributed by atoms with E-state index in [0.29, 0.717) is 12.2 Å². The van der Waals surface area contributed by atoms with Crippen molar-refractivity contribution in [2.75, 3.05) is 11.9 Å². The minimum absolute atomic E-state index is 0.138. The van der Waals surface area contributed by atoms with Crippen molar-refractivity contribution in [1.82, 2.24) is 10.3 Å². The summed E-state index contributed by atoms with van der Waals surface area (Å²) in [7, 11) is 0. The molecule has 2 aromatic rings. The Morgan fingerprint density at radius 3 is 2.48 bits per heavy atom. The Labute approximate surface area is 125 Å². The fourth-order valence-corrected chi connectivity index (χ4v) is 2.18. The van der Waals surface area contributed by atoms with Gasteiger partial charge in [0.1, 0.15) is 5.69 Å². The number of carbonyl (C=O) groups excluding carboxylic acids is 1. The molecule has 0 aliphatic rings. The van der Waals surface area contributed by atoms with Gasteiger partial charge in [0.2, 0.25) is 0 Å². The highest BCUT2D eigenvalue weighted by atomic mass is 16.1. The summed E-state index contributed by atoms with van der Waals surface area (Å²) in [5.41, 5.74) is 4.70. The number of hydrogen-bond acceptors (Lipinski definition) is 3. The van der Waals surface area contributed by atoms with Crippen molar-refractivity contribution < 1.29 is 4.79 Å². The number of aryl methyl sites for hydroxylation is 2. The largest absolute Gasteiger partial charge is 0.355 e. The van der Waals surface area contributed by atoms with Crippen LogP contribution in [0.25, 0.3) is 0 Å². The molecule has 0 aliphatic heterocycles. The number of amides is 1. The average Bonchev–Trinajstić information content (AvgIpc) is 2.44. The molecule has 0 spiro atoms. The number of nitrogens with one attached hydrogen (secondary N) is 2. The van der Waals surface area contributed by atoms with E-state index in [9.17, 15) is 4.79 Å². The molecule has 110 valence electrons. The first kappa shape index (κ1) is 15.0. The Bertz CT molecular complexity index is 617. The maximum Gasteiger partial charge on any atom is 0.269 e. The van der Waals surface area contributed by atoms with Crippen LogP contribution in [0.15, 0.2) is 36.5 Å². The van der Waals surface area contributed by atoms with Crippen molar-refractivity contribution in [3.05, 3.63) is 53.3 Å². The summed E-state index contributed by atoms with van der Waals surface area (Å²) < 4.78 is 0. The van der Waals surface area contributed by atoms with Crippen LogP contribution in [-0.4, -0.2) is 17.4 Å². The molecule has 1 amide bonds. The van der Waals surface area contributed by atoms with Crippen molar-refractivity contribution in [2.45, 2.75) is 27.2 Å². The second-order valence-corrected chi connectivity index (χ2v) is 5.19. The summed E-state index contributed by atoms with van der Waals surface area (Å²) >= 11 is 0. The molecule has 0 bridgehead atoms. The molecule has 21 heavy (non-hydrogen) atoms. The van der Waals surface area contributed by atoms with Crippen LogP contribution in [0.5, 0.6) is 0 Å². The first-order valence-corrected chi connectivity index (χ1v) is 7.18. The van der Waals surface area contributed by atoms with E-state index in [0.717, 1.165) is 17.8 Å². The van der Waals surface area contributed by atoms with Gasteiger partial charge in [0.25, 0.3) is 5.91 Å². The van der Waals surface area contributed by atoms with Crippen molar-refractivity contribution in [2.24, 2.45) is 0 Å². The van der Waals surface area contributed by atoms with Crippen LogP contribution >= 0.6 is 0 Å². The van der Waals surface area contributed by atoms with Gasteiger partial charge >= 0.3 is 0 Å². The van der Waals surface area contributed by atoms with Crippen LogP contribution in [0, 0.1) is 13.8 Å². The van der Waals surface area contributed by atoms with E-state index in [1.54, 1.807) is 12.3 Å². The summed E-state index contributed by atoms with van der Waals surface area (Å²) in [6, 6.07) is 9.90. The van der Waals surface area contributed by atoms with Gasteiger partial charge in [0, 0.05) is 24.1 Å². The van der Waals surface area contributed by atoms with Crippen molar-refractivity contribution in [3.63, 3.8) is 0 Å². The molecule has 0 fully saturated rings. The van der Waals surface area contributed by atoms with Crippen LogP contribution in [0.4, 0.5) is 11.4 Å². The number of carbonyl (C=O) groups is 1. The molecule has 0 unspecified atom stereocenters. The zero-order valence-electron chi connectivity index (χ0n) is 12.7. The van der Waals surface area contributed by atoms with Crippen molar-refractivity contribution in [1.29, 1.82) is 0 Å². The van der Waals surface area contributed by atoms with Gasteiger partial charge in [-0.25, -0.2) is 0 Å². The molecule has 0 radical (unpaired) electrons. The van der Waals surface area contributed by atoms with E-state index >= 15 is 0 Å². The molecule has 2 N–H and O–H groups in total. The monoisotopic (exact) mass is 283 g/mol. The molecular weight excluding hydrogens is 262 g/mol.